The molecule has 7 aromatic carbocycles. The summed E-state index contributed by atoms with van der Waals surface area (Å²) in [5.41, 5.74) is 11.9. The smallest absolute Gasteiger partial charge is 0.235 e. The minimum atomic E-state index is 0.0858. The van der Waals surface area contributed by atoms with Crippen molar-refractivity contribution in [2.75, 3.05) is 0 Å². The van der Waals surface area contributed by atoms with E-state index >= 15 is 0 Å². The van der Waals surface area contributed by atoms with E-state index in [2.05, 4.69) is 182 Å². The quantitative estimate of drug-likeness (QED) is 0.184. The molecular weight excluding hydrogens is 657 g/mol. The van der Waals surface area contributed by atoms with Crippen molar-refractivity contribution >= 4 is 65.3 Å². The largest absolute Gasteiger partial charge is 0.309 e. The second-order valence-electron chi connectivity index (χ2n) is 16.5. The second-order valence-corrected chi connectivity index (χ2v) is 16.5. The number of benzene rings is 7. The Bertz CT molecular complexity index is 3150. The molecule has 0 radical (unpaired) electrons. The fourth-order valence-corrected chi connectivity index (χ4v) is 9.47. The van der Waals surface area contributed by atoms with Gasteiger partial charge in [-0.1, -0.05) is 131 Å². The molecule has 3 heterocycles. The molecular formula is C50H40N4. The van der Waals surface area contributed by atoms with Gasteiger partial charge in [0.1, 0.15) is 0 Å². The lowest BCUT2D eigenvalue weighted by Gasteiger charge is -2.42. The minimum absolute atomic E-state index is 0.0858. The summed E-state index contributed by atoms with van der Waals surface area (Å²) < 4.78 is 4.84. The molecule has 10 aromatic rings. The van der Waals surface area contributed by atoms with E-state index in [1.54, 1.807) is 0 Å². The van der Waals surface area contributed by atoms with Gasteiger partial charge in [0.15, 0.2) is 0 Å². The van der Waals surface area contributed by atoms with Crippen LogP contribution in [0.2, 0.25) is 0 Å². The molecule has 260 valence electrons. The highest BCUT2D eigenvalue weighted by atomic mass is 15.2. The number of para-hydroxylation sites is 2. The lowest BCUT2D eigenvalue weighted by Crippen LogP contribution is -2.33. The molecule has 0 spiro atoms. The van der Waals surface area contributed by atoms with E-state index in [9.17, 15) is 0 Å². The first-order valence-electron chi connectivity index (χ1n) is 19.1. The summed E-state index contributed by atoms with van der Waals surface area (Å²) in [7, 11) is 0. The first-order chi connectivity index (χ1) is 26.3. The van der Waals surface area contributed by atoms with E-state index in [-0.39, 0.29) is 10.8 Å². The molecule has 54 heavy (non-hydrogen) atoms. The first kappa shape index (κ1) is 31.3. The van der Waals surface area contributed by atoms with Gasteiger partial charge in [0.25, 0.3) is 0 Å². The lowest BCUT2D eigenvalue weighted by molar-refractivity contribution is 0.332. The molecule has 0 bridgehead atoms. The summed E-state index contributed by atoms with van der Waals surface area (Å²) in [6.45, 7) is 9.70. The van der Waals surface area contributed by atoms with Crippen molar-refractivity contribution in [3.05, 3.63) is 157 Å². The zero-order chi connectivity index (χ0) is 36.3. The van der Waals surface area contributed by atoms with E-state index in [0.29, 0.717) is 5.95 Å². The maximum Gasteiger partial charge on any atom is 0.235 e. The van der Waals surface area contributed by atoms with Crippen LogP contribution in [0.4, 0.5) is 0 Å². The SMILES string of the molecule is CC1(C)CCC(C)(C)c2cc3c(cc21)c1ccc2c(c4c5ccccc5ccc4n2-c2nc(-c4ccccc4)c4ccccc4n2)c1n3-c1ccccc1. The van der Waals surface area contributed by atoms with Crippen molar-refractivity contribution in [1.82, 2.24) is 19.1 Å². The monoisotopic (exact) mass is 696 g/mol. The molecule has 0 fully saturated rings. The fourth-order valence-electron chi connectivity index (χ4n) is 9.47. The average Bonchev–Trinajstić information content (AvgIpc) is 3.72. The molecule has 0 atom stereocenters. The first-order valence-corrected chi connectivity index (χ1v) is 19.1. The molecule has 0 aliphatic heterocycles. The molecule has 0 amide bonds. The molecule has 0 unspecified atom stereocenters. The van der Waals surface area contributed by atoms with E-state index in [1.165, 1.54) is 67.3 Å². The molecule has 4 nitrogen and oxygen atoms in total. The zero-order valence-corrected chi connectivity index (χ0v) is 31.1. The summed E-state index contributed by atoms with van der Waals surface area (Å²) >= 11 is 0. The fraction of sp³-hybridized carbons (Fsp3) is 0.160. The predicted molar refractivity (Wildman–Crippen MR) is 226 cm³/mol. The van der Waals surface area contributed by atoms with Crippen LogP contribution in [0.1, 0.15) is 51.7 Å². The molecule has 0 saturated carbocycles. The zero-order valence-electron chi connectivity index (χ0n) is 31.1. The van der Waals surface area contributed by atoms with Gasteiger partial charge in [0, 0.05) is 38.2 Å². The van der Waals surface area contributed by atoms with E-state index in [0.717, 1.165) is 38.9 Å². The van der Waals surface area contributed by atoms with Gasteiger partial charge in [-0.15, -0.1) is 0 Å². The van der Waals surface area contributed by atoms with Crippen LogP contribution in [0.25, 0.3) is 88.2 Å². The Morgan fingerprint density at radius 3 is 1.89 bits per heavy atom. The minimum Gasteiger partial charge on any atom is -0.309 e. The third-order valence-electron chi connectivity index (χ3n) is 12.4. The Balaban J connectivity index is 1.36. The van der Waals surface area contributed by atoms with Gasteiger partial charge < -0.3 is 4.57 Å². The number of hydrogen-bond acceptors (Lipinski definition) is 2. The summed E-state index contributed by atoms with van der Waals surface area (Å²) in [5.74, 6) is 0.670. The van der Waals surface area contributed by atoms with Crippen LogP contribution in [0.15, 0.2) is 146 Å². The Hall–Kier alpha value is -6.26. The number of nitrogens with zero attached hydrogens (tertiary/aromatic N) is 4. The topological polar surface area (TPSA) is 35.6 Å². The van der Waals surface area contributed by atoms with Crippen LogP contribution in [-0.2, 0) is 10.8 Å². The summed E-state index contributed by atoms with van der Waals surface area (Å²) in [5, 5.41) is 8.48. The van der Waals surface area contributed by atoms with Crippen molar-refractivity contribution in [2.24, 2.45) is 0 Å². The number of rotatable bonds is 3. The van der Waals surface area contributed by atoms with Crippen molar-refractivity contribution in [3.63, 3.8) is 0 Å². The summed E-state index contributed by atoms with van der Waals surface area (Å²) in [4.78, 5) is 10.7. The Morgan fingerprint density at radius 2 is 1.11 bits per heavy atom. The van der Waals surface area contributed by atoms with Gasteiger partial charge in [-0.3, -0.25) is 4.57 Å². The van der Waals surface area contributed by atoms with Crippen LogP contribution in [-0.4, -0.2) is 19.1 Å². The van der Waals surface area contributed by atoms with Crippen LogP contribution in [0, 0.1) is 0 Å². The van der Waals surface area contributed by atoms with Gasteiger partial charge in [0.05, 0.1) is 33.3 Å². The van der Waals surface area contributed by atoms with E-state index < -0.39 is 0 Å². The normalized spacial score (nSPS) is 15.2. The average molecular weight is 697 g/mol. The third-order valence-corrected chi connectivity index (χ3v) is 12.4. The maximum absolute atomic E-state index is 5.43. The summed E-state index contributed by atoms with van der Waals surface area (Å²) in [6.07, 6.45) is 2.35. The predicted octanol–water partition coefficient (Wildman–Crippen LogP) is 13.0. The molecule has 1 aliphatic rings. The van der Waals surface area contributed by atoms with Crippen molar-refractivity contribution < 1.29 is 0 Å². The van der Waals surface area contributed by atoms with E-state index in [1.807, 2.05) is 0 Å². The molecule has 4 heteroatoms. The van der Waals surface area contributed by atoms with Crippen LogP contribution in [0.3, 0.4) is 0 Å². The van der Waals surface area contributed by atoms with Gasteiger partial charge in [-0.25, -0.2) is 9.97 Å². The Morgan fingerprint density at radius 1 is 0.481 bits per heavy atom. The molecule has 3 aromatic heterocycles. The van der Waals surface area contributed by atoms with Crippen molar-refractivity contribution in [3.8, 4) is 22.9 Å². The van der Waals surface area contributed by atoms with Crippen molar-refractivity contribution in [2.45, 2.75) is 51.4 Å². The van der Waals surface area contributed by atoms with Crippen LogP contribution < -0.4 is 0 Å². The molecule has 0 N–H and O–H groups in total. The number of hydrogen-bond donors (Lipinski definition) is 0. The summed E-state index contributed by atoms with van der Waals surface area (Å²) in [6, 6.07) is 52.8. The van der Waals surface area contributed by atoms with Gasteiger partial charge in [-0.05, 0) is 88.0 Å². The van der Waals surface area contributed by atoms with E-state index in [4.69, 9.17) is 9.97 Å². The molecule has 0 saturated heterocycles. The lowest BCUT2D eigenvalue weighted by atomic mass is 9.63. The van der Waals surface area contributed by atoms with Crippen LogP contribution in [0.5, 0.6) is 0 Å². The van der Waals surface area contributed by atoms with Crippen molar-refractivity contribution in [1.29, 1.82) is 0 Å². The van der Waals surface area contributed by atoms with Gasteiger partial charge >= 0.3 is 0 Å². The number of fused-ring (bicyclic) bond motifs is 11. The highest BCUT2D eigenvalue weighted by Crippen LogP contribution is 2.50. The van der Waals surface area contributed by atoms with Gasteiger partial charge in [-0.2, -0.15) is 0 Å². The maximum atomic E-state index is 5.43. The Labute approximate surface area is 314 Å². The van der Waals surface area contributed by atoms with Crippen LogP contribution >= 0.6 is 0 Å². The Kier molecular flexibility index (Phi) is 6.45. The number of aromatic nitrogens is 4. The molecule has 1 aliphatic carbocycles. The third kappa shape index (κ3) is 4.37. The van der Waals surface area contributed by atoms with Gasteiger partial charge in [0.2, 0.25) is 5.95 Å². The second kappa shape index (κ2) is 11.1. The highest BCUT2D eigenvalue weighted by Gasteiger charge is 2.38. The molecule has 11 rings (SSSR count). The highest BCUT2D eigenvalue weighted by molar-refractivity contribution is 6.31. The standard InChI is InChI=1S/C50H40N4/c1-49(2)27-28-50(3,4)39-30-43-37(29-38(39)49)35-24-26-42-45(47(35)53(43)33-18-9-6-10-19-33)44-34-20-12-11-15-31(34)23-25-41(44)54(42)48-51-40-22-14-13-21-36(40)46(52-48)32-16-7-5-8-17-32/h5-26,29-30H,27-28H2,1-4H3.